The average Bonchev–Trinajstić information content (AvgIpc) is 2.91. The van der Waals surface area contributed by atoms with Crippen molar-refractivity contribution in [2.24, 2.45) is 10.4 Å². The zero-order valence-corrected chi connectivity index (χ0v) is 13.7. The first-order valence-electron chi connectivity index (χ1n) is 7.70. The average molecular weight is 286 g/mol. The number of rotatable bonds is 8. The van der Waals surface area contributed by atoms with Gasteiger partial charge in [0.1, 0.15) is 0 Å². The molecule has 0 spiro atoms. The van der Waals surface area contributed by atoms with Crippen molar-refractivity contribution >= 4 is 17.7 Å². The van der Waals surface area contributed by atoms with E-state index in [9.17, 15) is 0 Å². The molecule has 0 amide bonds. The van der Waals surface area contributed by atoms with E-state index in [1.165, 1.54) is 50.7 Å². The van der Waals surface area contributed by atoms with Crippen molar-refractivity contribution in [1.29, 1.82) is 0 Å². The summed E-state index contributed by atoms with van der Waals surface area (Å²) in [5, 5.41) is 6.95. The molecule has 0 aromatic rings. The highest BCUT2D eigenvalue weighted by molar-refractivity contribution is 7.98. The predicted octanol–water partition coefficient (Wildman–Crippen LogP) is 3.27. The van der Waals surface area contributed by atoms with Crippen LogP contribution in [0.5, 0.6) is 0 Å². The summed E-state index contributed by atoms with van der Waals surface area (Å²) < 4.78 is 0. The summed E-state index contributed by atoms with van der Waals surface area (Å²) in [5.74, 6) is 2.23. The van der Waals surface area contributed by atoms with Crippen molar-refractivity contribution in [2.75, 3.05) is 32.1 Å². The van der Waals surface area contributed by atoms with Crippen LogP contribution in [0.25, 0.3) is 0 Å². The van der Waals surface area contributed by atoms with Gasteiger partial charge in [-0.3, -0.25) is 4.99 Å². The molecule has 0 saturated heterocycles. The molecule has 0 aromatic carbocycles. The van der Waals surface area contributed by atoms with E-state index in [0.717, 1.165) is 19.0 Å². The monoisotopic (exact) mass is 285 g/mol. The number of nitrogens with one attached hydrogen (secondary N) is 2. The molecule has 1 aliphatic carbocycles. The Morgan fingerprint density at radius 1 is 1.21 bits per heavy atom. The number of nitrogens with zero attached hydrogens (tertiary/aromatic N) is 1. The largest absolute Gasteiger partial charge is 0.356 e. The van der Waals surface area contributed by atoms with Crippen molar-refractivity contribution in [1.82, 2.24) is 10.6 Å². The first kappa shape index (κ1) is 16.7. The number of guanidine groups is 1. The number of hydrogen-bond donors (Lipinski definition) is 2. The fourth-order valence-electron chi connectivity index (χ4n) is 2.85. The van der Waals surface area contributed by atoms with Crippen LogP contribution in [-0.2, 0) is 0 Å². The van der Waals surface area contributed by atoms with Gasteiger partial charge >= 0.3 is 0 Å². The van der Waals surface area contributed by atoms with Gasteiger partial charge in [0.15, 0.2) is 5.96 Å². The lowest BCUT2D eigenvalue weighted by atomic mass is 9.83. The summed E-state index contributed by atoms with van der Waals surface area (Å²) in [7, 11) is 1.87. The second-order valence-corrected chi connectivity index (χ2v) is 6.60. The summed E-state index contributed by atoms with van der Waals surface area (Å²) in [6.07, 6.45) is 11.5. The molecule has 0 heterocycles. The van der Waals surface area contributed by atoms with Gasteiger partial charge in [0, 0.05) is 20.1 Å². The summed E-state index contributed by atoms with van der Waals surface area (Å²) in [4.78, 5) is 4.32. The van der Waals surface area contributed by atoms with Crippen LogP contribution >= 0.6 is 11.8 Å². The van der Waals surface area contributed by atoms with Gasteiger partial charge < -0.3 is 10.6 Å². The molecule has 1 saturated carbocycles. The van der Waals surface area contributed by atoms with E-state index in [2.05, 4.69) is 28.8 Å². The van der Waals surface area contributed by atoms with E-state index in [0.29, 0.717) is 5.41 Å². The molecule has 0 atom stereocenters. The number of unbranched alkanes of at least 4 members (excludes halogenated alkanes) is 1. The Hall–Kier alpha value is -0.380. The Kier molecular flexibility index (Phi) is 8.35. The van der Waals surface area contributed by atoms with Gasteiger partial charge in [0.25, 0.3) is 0 Å². The minimum Gasteiger partial charge on any atom is -0.356 e. The fraction of sp³-hybridized carbons (Fsp3) is 0.933. The first-order valence-corrected chi connectivity index (χ1v) is 9.09. The molecular weight excluding hydrogens is 254 g/mol. The van der Waals surface area contributed by atoms with E-state index >= 15 is 0 Å². The van der Waals surface area contributed by atoms with Crippen LogP contribution in [0.3, 0.4) is 0 Å². The highest BCUT2D eigenvalue weighted by Gasteiger charge is 2.31. The van der Waals surface area contributed by atoms with Gasteiger partial charge in [-0.1, -0.05) is 19.8 Å². The Morgan fingerprint density at radius 3 is 2.53 bits per heavy atom. The summed E-state index contributed by atoms with van der Waals surface area (Å²) in [6.45, 7) is 4.43. The highest BCUT2D eigenvalue weighted by atomic mass is 32.2. The molecule has 112 valence electrons. The SMILES string of the molecule is CCC1(CNC(=NC)NCCCCSC)CCCC1. The molecule has 0 aromatic heterocycles. The molecule has 1 rings (SSSR count). The van der Waals surface area contributed by atoms with Crippen LogP contribution in [0.15, 0.2) is 4.99 Å². The molecule has 0 unspecified atom stereocenters. The first-order chi connectivity index (χ1) is 9.26. The Morgan fingerprint density at radius 2 is 1.95 bits per heavy atom. The number of thioether (sulfide) groups is 1. The second-order valence-electron chi connectivity index (χ2n) is 5.61. The minimum absolute atomic E-state index is 0.524. The van der Waals surface area contributed by atoms with Crippen molar-refractivity contribution in [2.45, 2.75) is 51.9 Å². The summed E-state index contributed by atoms with van der Waals surface area (Å²) in [5.41, 5.74) is 0.524. The highest BCUT2D eigenvalue weighted by Crippen LogP contribution is 2.40. The summed E-state index contributed by atoms with van der Waals surface area (Å²) >= 11 is 1.92. The molecule has 0 bridgehead atoms. The molecule has 1 fully saturated rings. The molecule has 0 radical (unpaired) electrons. The number of hydrogen-bond acceptors (Lipinski definition) is 2. The van der Waals surface area contributed by atoms with Crippen molar-refractivity contribution in [3.8, 4) is 0 Å². The maximum absolute atomic E-state index is 4.32. The van der Waals surface area contributed by atoms with E-state index in [-0.39, 0.29) is 0 Å². The third-order valence-corrected chi connectivity index (χ3v) is 5.03. The normalized spacial score (nSPS) is 18.6. The molecule has 19 heavy (non-hydrogen) atoms. The van der Waals surface area contributed by atoms with E-state index in [4.69, 9.17) is 0 Å². The van der Waals surface area contributed by atoms with Gasteiger partial charge in [-0.25, -0.2) is 0 Å². The predicted molar refractivity (Wildman–Crippen MR) is 88.2 cm³/mol. The van der Waals surface area contributed by atoms with Crippen LogP contribution in [0, 0.1) is 5.41 Å². The third-order valence-electron chi connectivity index (χ3n) is 4.34. The van der Waals surface area contributed by atoms with Crippen LogP contribution in [0.2, 0.25) is 0 Å². The Bertz CT molecular complexity index is 260. The third kappa shape index (κ3) is 6.07. The molecule has 1 aliphatic rings. The van der Waals surface area contributed by atoms with Crippen molar-refractivity contribution < 1.29 is 0 Å². The maximum atomic E-state index is 4.32. The quantitative estimate of drug-likeness (QED) is 0.408. The fourth-order valence-corrected chi connectivity index (χ4v) is 3.34. The van der Waals surface area contributed by atoms with Gasteiger partial charge in [-0.15, -0.1) is 0 Å². The summed E-state index contributed by atoms with van der Waals surface area (Å²) in [6, 6.07) is 0. The second kappa shape index (κ2) is 9.51. The van der Waals surface area contributed by atoms with Crippen LogP contribution in [0.1, 0.15) is 51.9 Å². The van der Waals surface area contributed by atoms with Gasteiger partial charge in [0.2, 0.25) is 0 Å². The smallest absolute Gasteiger partial charge is 0.190 e. The van der Waals surface area contributed by atoms with Gasteiger partial charge in [0.05, 0.1) is 0 Å². The Labute approximate surface area is 123 Å². The van der Waals surface area contributed by atoms with Gasteiger partial charge in [-0.05, 0) is 49.5 Å². The van der Waals surface area contributed by atoms with Crippen LogP contribution in [0.4, 0.5) is 0 Å². The minimum atomic E-state index is 0.524. The maximum Gasteiger partial charge on any atom is 0.190 e. The zero-order chi connectivity index (χ0) is 14.0. The zero-order valence-electron chi connectivity index (χ0n) is 12.9. The standard InChI is InChI=1S/C15H31N3S/c1-4-15(9-5-6-10-15)13-18-14(16-2)17-11-7-8-12-19-3/h4-13H2,1-3H3,(H2,16,17,18). The topological polar surface area (TPSA) is 36.4 Å². The molecule has 0 aliphatic heterocycles. The Balaban J connectivity index is 2.21. The molecule has 2 N–H and O–H groups in total. The van der Waals surface area contributed by atoms with E-state index in [1.54, 1.807) is 0 Å². The van der Waals surface area contributed by atoms with E-state index in [1.807, 2.05) is 18.8 Å². The number of aliphatic imine (C=N–C) groups is 1. The van der Waals surface area contributed by atoms with Crippen LogP contribution in [-0.4, -0.2) is 38.1 Å². The molecule has 3 nitrogen and oxygen atoms in total. The van der Waals surface area contributed by atoms with Gasteiger partial charge in [-0.2, -0.15) is 11.8 Å². The lowest BCUT2D eigenvalue weighted by Gasteiger charge is -2.28. The van der Waals surface area contributed by atoms with Crippen LogP contribution < -0.4 is 10.6 Å². The lowest BCUT2D eigenvalue weighted by molar-refractivity contribution is 0.283. The lowest BCUT2D eigenvalue weighted by Crippen LogP contribution is -2.43. The van der Waals surface area contributed by atoms with Crippen molar-refractivity contribution in [3.63, 3.8) is 0 Å². The molecular formula is C15H31N3S. The van der Waals surface area contributed by atoms with Crippen molar-refractivity contribution in [3.05, 3.63) is 0 Å². The van der Waals surface area contributed by atoms with E-state index < -0.39 is 0 Å². The molecule has 4 heteroatoms.